The molecule has 0 spiro atoms. The van der Waals surface area contributed by atoms with Gasteiger partial charge in [-0.3, -0.25) is 9.69 Å². The quantitative estimate of drug-likeness (QED) is 0.628. The number of H-pyrrole nitrogens is 1. The highest BCUT2D eigenvalue weighted by Gasteiger charge is 2.26. The van der Waals surface area contributed by atoms with E-state index >= 15 is 0 Å². The predicted molar refractivity (Wildman–Crippen MR) is 113 cm³/mol. The van der Waals surface area contributed by atoms with Gasteiger partial charge in [0.1, 0.15) is 5.82 Å². The minimum Gasteiger partial charge on any atom is -0.338 e. The van der Waals surface area contributed by atoms with E-state index in [2.05, 4.69) is 22.2 Å². The van der Waals surface area contributed by atoms with Gasteiger partial charge in [-0.25, -0.2) is 9.78 Å². The van der Waals surface area contributed by atoms with Gasteiger partial charge in [-0.1, -0.05) is 43.7 Å². The number of hydrogen-bond donors (Lipinski definition) is 2. The topological polar surface area (TPSA) is 78.1 Å². The van der Waals surface area contributed by atoms with Crippen LogP contribution >= 0.6 is 0 Å². The van der Waals surface area contributed by atoms with Crippen LogP contribution in [0.3, 0.4) is 0 Å². The first-order chi connectivity index (χ1) is 13.5. The largest absolute Gasteiger partial charge is 0.338 e. The highest BCUT2D eigenvalue weighted by Crippen LogP contribution is 2.28. The highest BCUT2D eigenvalue weighted by atomic mass is 16.2. The first-order valence-electron chi connectivity index (χ1n) is 9.64. The Balaban J connectivity index is 2.03. The van der Waals surface area contributed by atoms with Crippen LogP contribution in [0.1, 0.15) is 44.1 Å². The third-order valence-electron chi connectivity index (χ3n) is 4.81. The summed E-state index contributed by atoms with van der Waals surface area (Å²) in [6.07, 6.45) is 1.91. The number of nitrogens with one attached hydrogen (secondary N) is 2. The SMILES string of the molecule is CCCCNC(=O)N(c1ccccc1C)C(C)c1nc2ccccc2c(=O)[nH]1. The van der Waals surface area contributed by atoms with Crippen molar-refractivity contribution in [3.63, 3.8) is 0 Å². The third-order valence-corrected chi connectivity index (χ3v) is 4.81. The van der Waals surface area contributed by atoms with Crippen molar-refractivity contribution >= 4 is 22.6 Å². The number of aromatic amines is 1. The Morgan fingerprint density at radius 3 is 2.64 bits per heavy atom. The summed E-state index contributed by atoms with van der Waals surface area (Å²) in [6, 6.07) is 14.3. The molecule has 2 aromatic carbocycles. The molecule has 1 aromatic heterocycles. The summed E-state index contributed by atoms with van der Waals surface area (Å²) in [5, 5.41) is 3.51. The molecule has 0 aliphatic heterocycles. The number of urea groups is 1. The summed E-state index contributed by atoms with van der Waals surface area (Å²) < 4.78 is 0. The highest BCUT2D eigenvalue weighted by molar-refractivity contribution is 5.93. The van der Waals surface area contributed by atoms with Gasteiger partial charge < -0.3 is 10.3 Å². The van der Waals surface area contributed by atoms with E-state index in [0.717, 1.165) is 24.1 Å². The van der Waals surface area contributed by atoms with Crippen molar-refractivity contribution in [1.29, 1.82) is 0 Å². The number of anilines is 1. The van der Waals surface area contributed by atoms with Crippen LogP contribution < -0.4 is 15.8 Å². The number of fused-ring (bicyclic) bond motifs is 1. The van der Waals surface area contributed by atoms with Gasteiger partial charge in [0.25, 0.3) is 5.56 Å². The van der Waals surface area contributed by atoms with Crippen molar-refractivity contribution < 1.29 is 4.79 Å². The van der Waals surface area contributed by atoms with E-state index in [1.165, 1.54) is 0 Å². The molecule has 3 aromatic rings. The van der Waals surface area contributed by atoms with Crippen molar-refractivity contribution in [3.8, 4) is 0 Å². The average molecular weight is 378 g/mol. The fourth-order valence-electron chi connectivity index (χ4n) is 3.21. The molecule has 0 saturated heterocycles. The zero-order chi connectivity index (χ0) is 20.1. The van der Waals surface area contributed by atoms with Gasteiger partial charge in [-0.2, -0.15) is 0 Å². The Morgan fingerprint density at radius 1 is 1.18 bits per heavy atom. The second-order valence-electron chi connectivity index (χ2n) is 6.89. The molecule has 146 valence electrons. The van der Waals surface area contributed by atoms with Crippen molar-refractivity contribution in [2.45, 2.75) is 39.7 Å². The molecule has 1 unspecified atom stereocenters. The molecule has 0 radical (unpaired) electrons. The van der Waals surface area contributed by atoms with Crippen LogP contribution in [0.2, 0.25) is 0 Å². The van der Waals surface area contributed by atoms with E-state index in [1.54, 1.807) is 17.0 Å². The van der Waals surface area contributed by atoms with Crippen molar-refractivity contribution in [2.24, 2.45) is 0 Å². The summed E-state index contributed by atoms with van der Waals surface area (Å²) in [5.74, 6) is 0.456. The Labute approximate surface area is 164 Å². The summed E-state index contributed by atoms with van der Waals surface area (Å²) >= 11 is 0. The van der Waals surface area contributed by atoms with E-state index in [-0.39, 0.29) is 11.6 Å². The maximum atomic E-state index is 13.0. The number of aryl methyl sites for hydroxylation is 1. The van der Waals surface area contributed by atoms with Gasteiger partial charge in [0.05, 0.1) is 16.9 Å². The van der Waals surface area contributed by atoms with Crippen molar-refractivity contribution in [3.05, 3.63) is 70.3 Å². The van der Waals surface area contributed by atoms with Gasteiger partial charge in [0.2, 0.25) is 0 Å². The molecule has 1 heterocycles. The first-order valence-corrected chi connectivity index (χ1v) is 9.64. The number of benzene rings is 2. The Morgan fingerprint density at radius 2 is 1.89 bits per heavy atom. The summed E-state index contributed by atoms with van der Waals surface area (Å²) in [6.45, 7) is 6.52. The van der Waals surface area contributed by atoms with Gasteiger partial charge >= 0.3 is 6.03 Å². The lowest BCUT2D eigenvalue weighted by atomic mass is 10.1. The number of carbonyl (C=O) groups excluding carboxylic acids is 1. The second kappa shape index (κ2) is 8.69. The minimum absolute atomic E-state index is 0.203. The number of aromatic nitrogens is 2. The van der Waals surface area contributed by atoms with Gasteiger partial charge in [-0.05, 0) is 44.0 Å². The molecule has 1 atom stereocenters. The smallest absolute Gasteiger partial charge is 0.322 e. The molecule has 3 rings (SSSR count). The number of unbranched alkanes of at least 4 members (excludes halogenated alkanes) is 1. The van der Waals surface area contributed by atoms with Crippen LogP contribution in [-0.2, 0) is 0 Å². The molecule has 2 N–H and O–H groups in total. The zero-order valence-corrected chi connectivity index (χ0v) is 16.5. The molecule has 6 heteroatoms. The number of amides is 2. The molecule has 0 aliphatic carbocycles. The van der Waals surface area contributed by atoms with Crippen molar-refractivity contribution in [1.82, 2.24) is 15.3 Å². The van der Waals surface area contributed by atoms with Gasteiger partial charge in [0.15, 0.2) is 0 Å². The maximum absolute atomic E-state index is 13.0. The fraction of sp³-hybridized carbons (Fsp3) is 0.318. The number of para-hydroxylation sites is 2. The Kier molecular flexibility index (Phi) is 6.09. The second-order valence-corrected chi connectivity index (χ2v) is 6.89. The number of nitrogens with zero attached hydrogens (tertiary/aromatic N) is 2. The van der Waals surface area contributed by atoms with Crippen LogP contribution in [0.15, 0.2) is 53.3 Å². The van der Waals surface area contributed by atoms with Crippen LogP contribution in [0, 0.1) is 6.92 Å². The summed E-state index contributed by atoms with van der Waals surface area (Å²) in [5.41, 5.74) is 2.18. The van der Waals surface area contributed by atoms with Crippen LogP contribution in [-0.4, -0.2) is 22.5 Å². The Hall–Kier alpha value is -3.15. The number of hydrogen-bond acceptors (Lipinski definition) is 3. The maximum Gasteiger partial charge on any atom is 0.322 e. The van der Waals surface area contributed by atoms with E-state index in [9.17, 15) is 9.59 Å². The van der Waals surface area contributed by atoms with E-state index < -0.39 is 6.04 Å². The molecular formula is C22H26N4O2. The summed E-state index contributed by atoms with van der Waals surface area (Å²) in [4.78, 5) is 34.7. The minimum atomic E-state index is -0.444. The van der Waals surface area contributed by atoms with Crippen LogP contribution in [0.25, 0.3) is 10.9 Å². The lowest BCUT2D eigenvalue weighted by molar-refractivity contribution is 0.244. The summed E-state index contributed by atoms with van der Waals surface area (Å²) in [7, 11) is 0. The molecule has 0 saturated carbocycles. The van der Waals surface area contributed by atoms with E-state index in [0.29, 0.717) is 23.3 Å². The molecule has 0 aliphatic rings. The lowest BCUT2D eigenvalue weighted by Gasteiger charge is -2.30. The molecule has 0 bridgehead atoms. The van der Waals surface area contributed by atoms with Crippen molar-refractivity contribution in [2.75, 3.05) is 11.4 Å². The molecule has 2 amide bonds. The van der Waals surface area contributed by atoms with E-state index in [1.807, 2.05) is 50.2 Å². The first kappa shape index (κ1) is 19.6. The van der Waals surface area contributed by atoms with Gasteiger partial charge in [-0.15, -0.1) is 0 Å². The molecule has 6 nitrogen and oxygen atoms in total. The average Bonchev–Trinajstić information content (AvgIpc) is 2.70. The number of carbonyl (C=O) groups is 1. The fourth-order valence-corrected chi connectivity index (χ4v) is 3.21. The zero-order valence-electron chi connectivity index (χ0n) is 16.5. The van der Waals surface area contributed by atoms with E-state index in [4.69, 9.17) is 0 Å². The molecule has 0 fully saturated rings. The standard InChI is InChI=1S/C22H26N4O2/c1-4-5-14-23-22(28)26(19-13-9-6-10-15(19)2)16(3)20-24-18-12-8-7-11-17(18)21(27)25-20/h6-13,16H,4-5,14H2,1-3H3,(H,23,28)(H,24,25,27). The number of rotatable bonds is 6. The monoisotopic (exact) mass is 378 g/mol. The molecular weight excluding hydrogens is 352 g/mol. The van der Waals surface area contributed by atoms with Gasteiger partial charge in [0, 0.05) is 12.2 Å². The lowest BCUT2D eigenvalue weighted by Crippen LogP contribution is -2.43. The Bertz CT molecular complexity index is 1030. The van der Waals surface area contributed by atoms with Crippen LogP contribution in [0.4, 0.5) is 10.5 Å². The predicted octanol–water partition coefficient (Wildman–Crippen LogP) is 4.31. The molecule has 28 heavy (non-hydrogen) atoms. The third kappa shape index (κ3) is 4.06. The van der Waals surface area contributed by atoms with Crippen LogP contribution in [0.5, 0.6) is 0 Å². The normalized spacial score (nSPS) is 12.0.